The van der Waals surface area contributed by atoms with Crippen LogP contribution in [0.2, 0.25) is 0 Å². The highest BCUT2D eigenvalue weighted by Gasteiger charge is 2.12. The van der Waals surface area contributed by atoms with Gasteiger partial charge in [0, 0.05) is 32.0 Å². The minimum atomic E-state index is 0.545. The fraction of sp³-hybridized carbons (Fsp3) is 0.320. The smallest absolute Gasteiger partial charge is 0.161 e. The predicted octanol–water partition coefficient (Wildman–Crippen LogP) is 5.42. The molecule has 152 valence electrons. The van der Waals surface area contributed by atoms with Gasteiger partial charge in [-0.1, -0.05) is 44.2 Å². The molecule has 0 radical (unpaired) electrons. The lowest BCUT2D eigenvalue weighted by Crippen LogP contribution is -2.22. The molecule has 0 aliphatic carbocycles. The van der Waals surface area contributed by atoms with Crippen molar-refractivity contribution in [2.24, 2.45) is 0 Å². The maximum Gasteiger partial charge on any atom is 0.161 e. The standard InChI is InChI=1S/C25H30N2O2/c1-19(2)23-8-5-20(6-9-23)16-27(17-21-11-13-26-14-12-21)18-22-7-10-24(28-3)25(15-22)29-4/h5-15,19H,16-18H2,1-4H3. The van der Waals surface area contributed by atoms with Crippen LogP contribution in [-0.4, -0.2) is 24.1 Å². The maximum absolute atomic E-state index is 5.48. The Hall–Kier alpha value is -2.85. The number of nitrogens with zero attached hydrogens (tertiary/aromatic N) is 2. The minimum absolute atomic E-state index is 0.545. The molecule has 0 saturated carbocycles. The number of methoxy groups -OCH3 is 2. The molecule has 29 heavy (non-hydrogen) atoms. The van der Waals surface area contributed by atoms with Gasteiger partial charge in [0.15, 0.2) is 11.5 Å². The Morgan fingerprint density at radius 1 is 0.724 bits per heavy atom. The zero-order chi connectivity index (χ0) is 20.6. The second-order valence-corrected chi connectivity index (χ2v) is 7.59. The zero-order valence-corrected chi connectivity index (χ0v) is 17.8. The molecular weight excluding hydrogens is 360 g/mol. The van der Waals surface area contributed by atoms with Gasteiger partial charge in [0.1, 0.15) is 0 Å². The topological polar surface area (TPSA) is 34.6 Å². The van der Waals surface area contributed by atoms with E-state index in [1.165, 1.54) is 22.3 Å². The van der Waals surface area contributed by atoms with Crippen LogP contribution in [-0.2, 0) is 19.6 Å². The molecule has 4 heteroatoms. The maximum atomic E-state index is 5.48. The lowest BCUT2D eigenvalue weighted by molar-refractivity contribution is 0.247. The molecule has 0 bridgehead atoms. The average molecular weight is 391 g/mol. The Morgan fingerprint density at radius 2 is 1.28 bits per heavy atom. The second kappa shape index (κ2) is 10.1. The summed E-state index contributed by atoms with van der Waals surface area (Å²) in [6.07, 6.45) is 3.70. The molecule has 0 saturated heterocycles. The fourth-order valence-corrected chi connectivity index (χ4v) is 3.42. The van der Waals surface area contributed by atoms with Crippen molar-refractivity contribution in [3.05, 3.63) is 89.2 Å². The third-order valence-electron chi connectivity index (χ3n) is 5.06. The highest BCUT2D eigenvalue weighted by Crippen LogP contribution is 2.28. The van der Waals surface area contributed by atoms with E-state index in [2.05, 4.69) is 72.3 Å². The Morgan fingerprint density at radius 3 is 1.86 bits per heavy atom. The molecule has 0 spiro atoms. The predicted molar refractivity (Wildman–Crippen MR) is 117 cm³/mol. The minimum Gasteiger partial charge on any atom is -0.493 e. The van der Waals surface area contributed by atoms with E-state index in [1.807, 2.05) is 18.5 Å². The molecule has 1 heterocycles. The highest BCUT2D eigenvalue weighted by atomic mass is 16.5. The van der Waals surface area contributed by atoms with Gasteiger partial charge in [-0.15, -0.1) is 0 Å². The Labute approximate surface area is 174 Å². The molecule has 3 rings (SSSR count). The lowest BCUT2D eigenvalue weighted by Gasteiger charge is -2.23. The first-order chi connectivity index (χ1) is 14.1. The molecule has 1 aromatic heterocycles. The molecule has 0 aliphatic heterocycles. The fourth-order valence-electron chi connectivity index (χ4n) is 3.42. The molecule has 0 unspecified atom stereocenters. The summed E-state index contributed by atoms with van der Waals surface area (Å²) in [6.45, 7) is 6.98. The van der Waals surface area contributed by atoms with Crippen molar-refractivity contribution in [2.75, 3.05) is 14.2 Å². The second-order valence-electron chi connectivity index (χ2n) is 7.59. The first kappa shape index (κ1) is 20.9. The Bertz CT molecular complexity index is 892. The van der Waals surface area contributed by atoms with Gasteiger partial charge in [-0.05, 0) is 52.4 Å². The first-order valence-corrected chi connectivity index (χ1v) is 10.00. The van der Waals surface area contributed by atoms with Crippen LogP contribution in [0.1, 0.15) is 42.0 Å². The summed E-state index contributed by atoms with van der Waals surface area (Å²) >= 11 is 0. The molecule has 3 aromatic rings. The summed E-state index contributed by atoms with van der Waals surface area (Å²) < 4.78 is 10.9. The van der Waals surface area contributed by atoms with E-state index >= 15 is 0 Å². The summed E-state index contributed by atoms with van der Waals surface area (Å²) in [5.41, 5.74) is 5.12. The monoisotopic (exact) mass is 390 g/mol. The number of hydrogen-bond donors (Lipinski definition) is 0. The van der Waals surface area contributed by atoms with Crippen LogP contribution in [0.15, 0.2) is 67.0 Å². The van der Waals surface area contributed by atoms with Crippen LogP contribution >= 0.6 is 0 Å². The van der Waals surface area contributed by atoms with E-state index < -0.39 is 0 Å². The molecule has 2 aromatic carbocycles. The molecule has 4 nitrogen and oxygen atoms in total. The van der Waals surface area contributed by atoms with Crippen LogP contribution in [0.3, 0.4) is 0 Å². The molecular formula is C25H30N2O2. The van der Waals surface area contributed by atoms with Crippen molar-refractivity contribution < 1.29 is 9.47 Å². The quantitative estimate of drug-likeness (QED) is 0.488. The summed E-state index contributed by atoms with van der Waals surface area (Å²) in [5.74, 6) is 2.06. The molecule has 0 atom stereocenters. The van der Waals surface area contributed by atoms with Gasteiger partial charge in [0.05, 0.1) is 14.2 Å². The normalized spacial score (nSPS) is 11.1. The van der Waals surface area contributed by atoms with E-state index in [4.69, 9.17) is 9.47 Å². The van der Waals surface area contributed by atoms with Crippen molar-refractivity contribution in [2.45, 2.75) is 39.4 Å². The largest absolute Gasteiger partial charge is 0.493 e. The Kier molecular flexibility index (Phi) is 7.25. The summed E-state index contributed by atoms with van der Waals surface area (Å²) in [5, 5.41) is 0. The SMILES string of the molecule is COc1ccc(CN(Cc2ccncc2)Cc2ccc(C(C)C)cc2)cc1OC. The van der Waals surface area contributed by atoms with E-state index in [0.29, 0.717) is 5.92 Å². The van der Waals surface area contributed by atoms with Crippen LogP contribution in [0.4, 0.5) is 0 Å². The van der Waals surface area contributed by atoms with Crippen molar-refractivity contribution >= 4 is 0 Å². The number of pyridine rings is 1. The van der Waals surface area contributed by atoms with Crippen molar-refractivity contribution in [3.63, 3.8) is 0 Å². The van der Waals surface area contributed by atoms with Crippen molar-refractivity contribution in [1.82, 2.24) is 9.88 Å². The third-order valence-corrected chi connectivity index (χ3v) is 5.06. The van der Waals surface area contributed by atoms with E-state index in [9.17, 15) is 0 Å². The van der Waals surface area contributed by atoms with E-state index in [0.717, 1.165) is 31.1 Å². The highest BCUT2D eigenvalue weighted by molar-refractivity contribution is 5.43. The number of ether oxygens (including phenoxy) is 2. The van der Waals surface area contributed by atoms with E-state index in [-0.39, 0.29) is 0 Å². The molecule has 0 N–H and O–H groups in total. The van der Waals surface area contributed by atoms with Gasteiger partial charge in [-0.25, -0.2) is 0 Å². The van der Waals surface area contributed by atoms with Gasteiger partial charge in [-0.3, -0.25) is 9.88 Å². The van der Waals surface area contributed by atoms with Crippen LogP contribution in [0.25, 0.3) is 0 Å². The van der Waals surface area contributed by atoms with Gasteiger partial charge < -0.3 is 9.47 Å². The van der Waals surface area contributed by atoms with Crippen molar-refractivity contribution in [3.8, 4) is 11.5 Å². The number of hydrogen-bond acceptors (Lipinski definition) is 4. The zero-order valence-electron chi connectivity index (χ0n) is 17.8. The van der Waals surface area contributed by atoms with Crippen molar-refractivity contribution in [1.29, 1.82) is 0 Å². The van der Waals surface area contributed by atoms with E-state index in [1.54, 1.807) is 14.2 Å². The lowest BCUT2D eigenvalue weighted by atomic mass is 10.0. The third kappa shape index (κ3) is 5.81. The first-order valence-electron chi connectivity index (χ1n) is 10.00. The number of benzene rings is 2. The summed E-state index contributed by atoms with van der Waals surface area (Å²) in [7, 11) is 3.33. The van der Waals surface area contributed by atoms with Crippen LogP contribution in [0, 0.1) is 0 Å². The summed E-state index contributed by atoms with van der Waals surface area (Å²) in [4.78, 5) is 6.57. The average Bonchev–Trinajstić information content (AvgIpc) is 2.74. The molecule has 0 aliphatic rings. The van der Waals surface area contributed by atoms with Gasteiger partial charge in [0.2, 0.25) is 0 Å². The molecule has 0 amide bonds. The Balaban J connectivity index is 1.81. The van der Waals surface area contributed by atoms with Gasteiger partial charge in [-0.2, -0.15) is 0 Å². The molecule has 0 fully saturated rings. The summed E-state index contributed by atoms with van der Waals surface area (Å²) in [6, 6.07) is 19.2. The number of aromatic nitrogens is 1. The van der Waals surface area contributed by atoms with Crippen LogP contribution < -0.4 is 9.47 Å². The number of rotatable bonds is 9. The van der Waals surface area contributed by atoms with Gasteiger partial charge in [0.25, 0.3) is 0 Å². The van der Waals surface area contributed by atoms with Gasteiger partial charge >= 0.3 is 0 Å². The van der Waals surface area contributed by atoms with Crippen LogP contribution in [0.5, 0.6) is 11.5 Å².